The number of aromatic nitrogens is 3. The largest absolute Gasteiger partial charge is 0.378 e. The normalized spacial score (nSPS) is 20.4. The smallest absolute Gasteiger partial charge is 0.333 e. The van der Waals surface area contributed by atoms with Gasteiger partial charge in [0.25, 0.3) is 5.56 Å². The second-order valence-electron chi connectivity index (χ2n) is 10.5. The van der Waals surface area contributed by atoms with Crippen molar-refractivity contribution in [2.75, 3.05) is 30.5 Å². The maximum Gasteiger partial charge on any atom is 0.333 e. The van der Waals surface area contributed by atoms with E-state index in [2.05, 4.69) is 10.3 Å². The van der Waals surface area contributed by atoms with Gasteiger partial charge in [-0.15, -0.1) is 0 Å². The van der Waals surface area contributed by atoms with Crippen LogP contribution < -0.4 is 21.5 Å². The number of hydrogen-bond acceptors (Lipinski definition) is 6. The van der Waals surface area contributed by atoms with E-state index in [-0.39, 0.29) is 40.8 Å². The molecule has 2 fully saturated rings. The molecule has 0 bridgehead atoms. The summed E-state index contributed by atoms with van der Waals surface area (Å²) in [6.07, 6.45) is 8.45. The van der Waals surface area contributed by atoms with Gasteiger partial charge >= 0.3 is 5.69 Å². The summed E-state index contributed by atoms with van der Waals surface area (Å²) in [5.41, 5.74) is 1.45. The van der Waals surface area contributed by atoms with Crippen molar-refractivity contribution in [3.05, 3.63) is 74.8 Å². The van der Waals surface area contributed by atoms with E-state index in [9.17, 15) is 18.8 Å². The molecular formula is C29H34FN5O3S. The predicted octanol–water partition coefficient (Wildman–Crippen LogP) is 4.14. The van der Waals surface area contributed by atoms with Gasteiger partial charge in [0.15, 0.2) is 0 Å². The third-order valence-corrected chi connectivity index (χ3v) is 8.77. The molecule has 1 aliphatic heterocycles. The van der Waals surface area contributed by atoms with E-state index < -0.39 is 11.4 Å². The number of pyridine rings is 1. The average Bonchev–Trinajstić information content (AvgIpc) is 2.94. The maximum absolute atomic E-state index is 14.1. The van der Waals surface area contributed by atoms with Gasteiger partial charge in [0.2, 0.25) is 5.91 Å². The highest BCUT2D eigenvalue weighted by atomic mass is 32.2. The third kappa shape index (κ3) is 5.95. The van der Waals surface area contributed by atoms with E-state index >= 15 is 0 Å². The Morgan fingerprint density at radius 3 is 2.36 bits per heavy atom. The first-order valence-electron chi connectivity index (χ1n) is 13.5. The molecule has 1 saturated heterocycles. The number of anilines is 1. The van der Waals surface area contributed by atoms with Gasteiger partial charge in [-0.25, -0.2) is 14.2 Å². The Morgan fingerprint density at radius 2 is 1.69 bits per heavy atom. The number of benzene rings is 1. The van der Waals surface area contributed by atoms with E-state index in [4.69, 9.17) is 0 Å². The highest BCUT2D eigenvalue weighted by molar-refractivity contribution is 7.99. The van der Waals surface area contributed by atoms with E-state index in [1.54, 1.807) is 10.6 Å². The fourth-order valence-corrected chi connectivity index (χ4v) is 6.66. The third-order valence-electron chi connectivity index (χ3n) is 7.72. The molecule has 2 aromatic heterocycles. The Kier molecular flexibility index (Phi) is 8.20. The van der Waals surface area contributed by atoms with Crippen molar-refractivity contribution in [1.29, 1.82) is 0 Å². The zero-order valence-electron chi connectivity index (χ0n) is 22.3. The lowest BCUT2D eigenvalue weighted by Crippen LogP contribution is -2.46. The fourth-order valence-electron chi connectivity index (χ4n) is 5.58. The van der Waals surface area contributed by atoms with Crippen LogP contribution in [0.2, 0.25) is 0 Å². The molecule has 1 aliphatic carbocycles. The topological polar surface area (TPSA) is 89.2 Å². The molecule has 8 nitrogen and oxygen atoms in total. The summed E-state index contributed by atoms with van der Waals surface area (Å²) in [4.78, 5) is 45.9. The Balaban J connectivity index is 1.30. The van der Waals surface area contributed by atoms with E-state index in [0.717, 1.165) is 41.8 Å². The first-order chi connectivity index (χ1) is 18.8. The lowest BCUT2D eigenvalue weighted by Gasteiger charge is -2.31. The van der Waals surface area contributed by atoms with Crippen LogP contribution in [0.15, 0.2) is 52.2 Å². The van der Waals surface area contributed by atoms with Gasteiger partial charge in [-0.1, -0.05) is 12.1 Å². The minimum atomic E-state index is -0.594. The molecule has 1 amide bonds. The molecule has 1 saturated carbocycles. The summed E-state index contributed by atoms with van der Waals surface area (Å²) in [5.74, 6) is 1.10. The van der Waals surface area contributed by atoms with Crippen LogP contribution in [0.1, 0.15) is 56.2 Å². The second kappa shape index (κ2) is 11.8. The number of nitrogens with zero attached hydrogens (tertiary/aromatic N) is 4. The number of thioether (sulfide) groups is 1. The fraction of sp³-hybridized carbons (Fsp3) is 0.448. The zero-order chi connectivity index (χ0) is 27.5. The molecule has 1 aromatic carbocycles. The Bertz CT molecular complexity index is 1480. The van der Waals surface area contributed by atoms with Crippen molar-refractivity contribution in [2.45, 2.75) is 56.7 Å². The van der Waals surface area contributed by atoms with Gasteiger partial charge in [-0.3, -0.25) is 18.7 Å². The van der Waals surface area contributed by atoms with Gasteiger partial charge in [0.05, 0.1) is 11.6 Å². The Labute approximate surface area is 230 Å². The number of amides is 1. The van der Waals surface area contributed by atoms with Gasteiger partial charge in [0, 0.05) is 44.0 Å². The molecule has 1 N–H and O–H groups in total. The molecule has 5 rings (SSSR count). The lowest BCUT2D eigenvalue weighted by atomic mass is 9.91. The molecule has 0 atom stereocenters. The first kappa shape index (κ1) is 27.2. The molecule has 0 spiro atoms. The van der Waals surface area contributed by atoms with Crippen LogP contribution in [-0.2, 0) is 4.79 Å². The summed E-state index contributed by atoms with van der Waals surface area (Å²) in [6, 6.07) is 8.72. The highest BCUT2D eigenvalue weighted by Crippen LogP contribution is 2.30. The second-order valence-corrected chi connectivity index (χ2v) is 11.8. The quantitative estimate of drug-likeness (QED) is 0.463. The predicted molar refractivity (Wildman–Crippen MR) is 155 cm³/mol. The monoisotopic (exact) mass is 551 g/mol. The highest BCUT2D eigenvalue weighted by Gasteiger charge is 2.29. The Morgan fingerprint density at radius 1 is 1.03 bits per heavy atom. The summed E-state index contributed by atoms with van der Waals surface area (Å²) in [5, 5.41) is 3.20. The molecule has 10 heteroatoms. The number of carbonyl (C=O) groups excluding carboxylic acids is 1. The minimum absolute atomic E-state index is 0.0395. The van der Waals surface area contributed by atoms with Gasteiger partial charge in [-0.05, 0) is 79.9 Å². The van der Waals surface area contributed by atoms with E-state index in [1.165, 1.54) is 16.7 Å². The van der Waals surface area contributed by atoms with E-state index in [1.807, 2.05) is 55.0 Å². The number of fused-ring (bicyclic) bond motifs is 1. The van der Waals surface area contributed by atoms with Gasteiger partial charge < -0.3 is 10.2 Å². The standard InChI is InChI=1S/C29H34FN5O3S/c1-33(2)22-8-3-19(4-9-22)5-12-26(36)32-21-6-10-23(11-7-21)35-28(37)25-17-20(30)18-31-27(25)34(29(35)38)24-13-15-39-16-14-24/h3-5,8-9,12,17-18,21,23-24H,6-7,10-11,13-16H2,1-2H3,(H,32,36). The van der Waals surface area contributed by atoms with Crippen molar-refractivity contribution in [2.24, 2.45) is 0 Å². The van der Waals surface area contributed by atoms with Gasteiger partial charge in [0.1, 0.15) is 11.5 Å². The maximum atomic E-state index is 14.1. The van der Waals surface area contributed by atoms with Gasteiger partial charge in [-0.2, -0.15) is 11.8 Å². The van der Waals surface area contributed by atoms with E-state index in [0.29, 0.717) is 25.7 Å². The minimum Gasteiger partial charge on any atom is -0.378 e. The molecule has 0 unspecified atom stereocenters. The van der Waals surface area contributed by atoms with Crippen molar-refractivity contribution in [3.63, 3.8) is 0 Å². The van der Waals surface area contributed by atoms with Crippen molar-refractivity contribution < 1.29 is 9.18 Å². The summed E-state index contributed by atoms with van der Waals surface area (Å²) in [6.45, 7) is 0. The van der Waals surface area contributed by atoms with Crippen LogP contribution in [0.25, 0.3) is 17.1 Å². The number of carbonyl (C=O) groups is 1. The molecule has 206 valence electrons. The lowest BCUT2D eigenvalue weighted by molar-refractivity contribution is -0.117. The number of halogens is 1. The molecule has 3 heterocycles. The molecular weight excluding hydrogens is 517 g/mol. The van der Waals surface area contributed by atoms with Crippen LogP contribution in [0.4, 0.5) is 10.1 Å². The number of rotatable bonds is 6. The molecule has 39 heavy (non-hydrogen) atoms. The summed E-state index contributed by atoms with van der Waals surface area (Å²) in [7, 11) is 3.96. The number of nitrogens with one attached hydrogen (secondary N) is 1. The zero-order valence-corrected chi connectivity index (χ0v) is 23.1. The molecule has 2 aliphatic rings. The van der Waals surface area contributed by atoms with Crippen LogP contribution >= 0.6 is 11.8 Å². The summed E-state index contributed by atoms with van der Waals surface area (Å²) < 4.78 is 17.1. The summed E-state index contributed by atoms with van der Waals surface area (Å²) >= 11 is 1.85. The van der Waals surface area contributed by atoms with Crippen LogP contribution in [-0.4, -0.2) is 51.7 Å². The average molecular weight is 552 g/mol. The van der Waals surface area contributed by atoms with Crippen molar-refractivity contribution in [3.8, 4) is 0 Å². The van der Waals surface area contributed by atoms with Crippen LogP contribution in [0.5, 0.6) is 0 Å². The van der Waals surface area contributed by atoms with Crippen molar-refractivity contribution >= 4 is 40.5 Å². The SMILES string of the molecule is CN(C)c1ccc(C=CC(=O)NC2CCC(n3c(=O)c4cc(F)cnc4n(C4CCSCC4)c3=O)CC2)cc1. The first-order valence-corrected chi connectivity index (χ1v) is 14.6. The Hall–Kier alpha value is -3.40. The van der Waals surface area contributed by atoms with Crippen molar-refractivity contribution in [1.82, 2.24) is 19.4 Å². The van der Waals surface area contributed by atoms with Crippen LogP contribution in [0.3, 0.4) is 0 Å². The number of hydrogen-bond donors (Lipinski definition) is 1. The molecule has 0 radical (unpaired) electrons. The molecule has 3 aromatic rings. The van der Waals surface area contributed by atoms with Crippen LogP contribution in [0, 0.1) is 5.82 Å².